The van der Waals surface area contributed by atoms with Gasteiger partial charge in [-0.15, -0.1) is 0 Å². The Morgan fingerprint density at radius 2 is 1.83 bits per heavy atom. The molecule has 2 amide bonds. The maximum atomic E-state index is 13.1. The van der Waals surface area contributed by atoms with Crippen molar-refractivity contribution >= 4 is 17.6 Å². The molecule has 2 aromatic heterocycles. The Hall–Kier alpha value is -3.54. The standard InChI is InChI=1S/C24H24N4O2/c1-17-20(12-13-21(26-17)18-8-3-2-4-9-18)24(30)28-15-7-10-19(16-28)23(29)27-22-11-5-6-14-25-22/h2-6,8-9,11-14,19H,7,10,15-16H2,1H3,(H,25,27,29). The van der Waals surface area contributed by atoms with Crippen LogP contribution in [0.2, 0.25) is 0 Å². The lowest BCUT2D eigenvalue weighted by molar-refractivity contribution is -0.121. The molecule has 3 aromatic rings. The molecule has 4 rings (SSSR count). The molecule has 0 spiro atoms. The molecule has 6 nitrogen and oxygen atoms in total. The summed E-state index contributed by atoms with van der Waals surface area (Å²) in [6.45, 7) is 2.90. The Morgan fingerprint density at radius 3 is 2.57 bits per heavy atom. The van der Waals surface area contributed by atoms with Gasteiger partial charge in [0.05, 0.1) is 22.9 Å². The highest BCUT2D eigenvalue weighted by atomic mass is 16.2. The molecule has 1 fully saturated rings. The highest BCUT2D eigenvalue weighted by molar-refractivity contribution is 5.97. The SMILES string of the molecule is Cc1nc(-c2ccccc2)ccc1C(=O)N1CCCC(C(=O)Nc2ccccn2)C1. The summed E-state index contributed by atoms with van der Waals surface area (Å²) >= 11 is 0. The number of hydrogen-bond acceptors (Lipinski definition) is 4. The quantitative estimate of drug-likeness (QED) is 0.720. The van der Waals surface area contributed by atoms with Crippen molar-refractivity contribution in [2.75, 3.05) is 18.4 Å². The van der Waals surface area contributed by atoms with Gasteiger partial charge in [-0.2, -0.15) is 0 Å². The normalized spacial score (nSPS) is 16.2. The van der Waals surface area contributed by atoms with Gasteiger partial charge >= 0.3 is 0 Å². The Kier molecular flexibility index (Phi) is 5.84. The third kappa shape index (κ3) is 4.38. The fourth-order valence-corrected chi connectivity index (χ4v) is 3.77. The summed E-state index contributed by atoms with van der Waals surface area (Å²) in [7, 11) is 0. The number of carbonyl (C=O) groups is 2. The van der Waals surface area contributed by atoms with Crippen LogP contribution in [0.5, 0.6) is 0 Å². The number of pyridine rings is 2. The molecule has 1 aliphatic heterocycles. The lowest BCUT2D eigenvalue weighted by Gasteiger charge is -2.32. The number of anilines is 1. The van der Waals surface area contributed by atoms with E-state index in [1.54, 1.807) is 23.2 Å². The first kappa shape index (κ1) is 19.8. The van der Waals surface area contributed by atoms with E-state index in [9.17, 15) is 9.59 Å². The van der Waals surface area contributed by atoms with E-state index in [1.807, 2.05) is 55.5 Å². The van der Waals surface area contributed by atoms with Crippen molar-refractivity contribution in [3.63, 3.8) is 0 Å². The van der Waals surface area contributed by atoms with E-state index < -0.39 is 0 Å². The van der Waals surface area contributed by atoms with Gasteiger partial charge in [-0.1, -0.05) is 36.4 Å². The molecule has 0 saturated carbocycles. The number of likely N-dealkylation sites (tertiary alicyclic amines) is 1. The Labute approximate surface area is 176 Å². The number of aromatic nitrogens is 2. The van der Waals surface area contributed by atoms with Gasteiger partial charge in [0.25, 0.3) is 5.91 Å². The van der Waals surface area contributed by atoms with E-state index in [0.29, 0.717) is 30.2 Å². The molecule has 1 aromatic carbocycles. The zero-order valence-electron chi connectivity index (χ0n) is 16.9. The second-order valence-corrected chi connectivity index (χ2v) is 7.49. The monoisotopic (exact) mass is 400 g/mol. The molecule has 3 heterocycles. The van der Waals surface area contributed by atoms with Crippen molar-refractivity contribution in [3.05, 3.63) is 78.1 Å². The Morgan fingerprint density at radius 1 is 1.03 bits per heavy atom. The summed E-state index contributed by atoms with van der Waals surface area (Å²) in [4.78, 5) is 36.3. The first-order valence-corrected chi connectivity index (χ1v) is 10.2. The number of benzene rings is 1. The van der Waals surface area contributed by atoms with Gasteiger partial charge in [-0.25, -0.2) is 4.98 Å². The van der Waals surface area contributed by atoms with Gasteiger partial charge in [0.1, 0.15) is 5.82 Å². The molecule has 30 heavy (non-hydrogen) atoms. The predicted molar refractivity (Wildman–Crippen MR) is 116 cm³/mol. The molecule has 0 bridgehead atoms. The molecular weight excluding hydrogens is 376 g/mol. The van der Waals surface area contributed by atoms with E-state index in [2.05, 4.69) is 15.3 Å². The Balaban J connectivity index is 1.46. The average Bonchev–Trinajstić information content (AvgIpc) is 2.80. The molecule has 1 atom stereocenters. The van der Waals surface area contributed by atoms with Gasteiger partial charge < -0.3 is 10.2 Å². The molecule has 1 unspecified atom stereocenters. The van der Waals surface area contributed by atoms with Gasteiger partial charge in [0.15, 0.2) is 0 Å². The minimum atomic E-state index is -0.249. The fraction of sp³-hybridized carbons (Fsp3) is 0.250. The van der Waals surface area contributed by atoms with Gasteiger partial charge in [-0.3, -0.25) is 14.6 Å². The van der Waals surface area contributed by atoms with E-state index in [0.717, 1.165) is 24.1 Å². The minimum Gasteiger partial charge on any atom is -0.338 e. The Bertz CT molecular complexity index is 1040. The molecule has 0 radical (unpaired) electrons. The number of nitrogens with one attached hydrogen (secondary N) is 1. The molecule has 1 N–H and O–H groups in total. The van der Waals surface area contributed by atoms with Crippen molar-refractivity contribution < 1.29 is 9.59 Å². The second-order valence-electron chi connectivity index (χ2n) is 7.49. The topological polar surface area (TPSA) is 75.2 Å². The van der Waals surface area contributed by atoms with Crippen LogP contribution >= 0.6 is 0 Å². The number of piperidine rings is 1. The average molecular weight is 400 g/mol. The summed E-state index contributed by atoms with van der Waals surface area (Å²) in [5.74, 6) is 0.111. The van der Waals surface area contributed by atoms with E-state index >= 15 is 0 Å². The van der Waals surface area contributed by atoms with E-state index in [1.165, 1.54) is 0 Å². The second kappa shape index (κ2) is 8.86. The molecule has 6 heteroatoms. The van der Waals surface area contributed by atoms with Crippen molar-refractivity contribution in [2.45, 2.75) is 19.8 Å². The summed E-state index contributed by atoms with van der Waals surface area (Å²) in [6.07, 6.45) is 3.19. The molecule has 0 aliphatic carbocycles. The van der Waals surface area contributed by atoms with Crippen LogP contribution in [-0.4, -0.2) is 39.8 Å². The van der Waals surface area contributed by atoms with Crippen LogP contribution < -0.4 is 5.32 Å². The molecule has 1 aliphatic rings. The van der Waals surface area contributed by atoms with Gasteiger partial charge in [0.2, 0.25) is 5.91 Å². The summed E-state index contributed by atoms with van der Waals surface area (Å²) in [5, 5.41) is 2.85. The minimum absolute atomic E-state index is 0.0741. The van der Waals surface area contributed by atoms with Gasteiger partial charge in [0, 0.05) is 24.8 Å². The number of hydrogen-bond donors (Lipinski definition) is 1. The van der Waals surface area contributed by atoms with Crippen LogP contribution in [0.3, 0.4) is 0 Å². The third-order valence-corrected chi connectivity index (χ3v) is 5.38. The lowest BCUT2D eigenvalue weighted by Crippen LogP contribution is -2.44. The number of amides is 2. The lowest BCUT2D eigenvalue weighted by atomic mass is 9.96. The van der Waals surface area contributed by atoms with Crippen LogP contribution in [0, 0.1) is 12.8 Å². The number of carbonyl (C=O) groups excluding carboxylic acids is 2. The highest BCUT2D eigenvalue weighted by Crippen LogP contribution is 2.23. The number of rotatable bonds is 4. The maximum absolute atomic E-state index is 13.1. The predicted octanol–water partition coefficient (Wildman–Crippen LogP) is 3.94. The summed E-state index contributed by atoms with van der Waals surface area (Å²) < 4.78 is 0. The van der Waals surface area contributed by atoms with Crippen molar-refractivity contribution in [2.24, 2.45) is 5.92 Å². The highest BCUT2D eigenvalue weighted by Gasteiger charge is 2.30. The van der Waals surface area contributed by atoms with Crippen LogP contribution in [0.4, 0.5) is 5.82 Å². The first-order valence-electron chi connectivity index (χ1n) is 10.2. The summed E-state index contributed by atoms with van der Waals surface area (Å²) in [5.41, 5.74) is 3.14. The smallest absolute Gasteiger partial charge is 0.255 e. The molecule has 152 valence electrons. The van der Waals surface area contributed by atoms with Crippen molar-refractivity contribution in [3.8, 4) is 11.3 Å². The summed E-state index contributed by atoms with van der Waals surface area (Å²) in [6, 6.07) is 19.0. The van der Waals surface area contributed by atoms with Crippen molar-refractivity contribution in [1.82, 2.24) is 14.9 Å². The van der Waals surface area contributed by atoms with E-state index in [-0.39, 0.29) is 17.7 Å². The van der Waals surface area contributed by atoms with Crippen LogP contribution in [0.15, 0.2) is 66.9 Å². The molecule has 1 saturated heterocycles. The van der Waals surface area contributed by atoms with Crippen LogP contribution in [0.1, 0.15) is 28.9 Å². The third-order valence-electron chi connectivity index (χ3n) is 5.38. The van der Waals surface area contributed by atoms with E-state index in [4.69, 9.17) is 0 Å². The van der Waals surface area contributed by atoms with Crippen LogP contribution in [-0.2, 0) is 4.79 Å². The fourth-order valence-electron chi connectivity index (χ4n) is 3.77. The number of nitrogens with zero attached hydrogens (tertiary/aromatic N) is 3. The molecular formula is C24H24N4O2. The largest absolute Gasteiger partial charge is 0.338 e. The maximum Gasteiger partial charge on any atom is 0.255 e. The zero-order valence-corrected chi connectivity index (χ0v) is 16.9. The number of aryl methyl sites for hydroxylation is 1. The zero-order chi connectivity index (χ0) is 20.9. The van der Waals surface area contributed by atoms with Crippen LogP contribution in [0.25, 0.3) is 11.3 Å². The van der Waals surface area contributed by atoms with Gasteiger partial charge in [-0.05, 0) is 44.0 Å². The first-order chi connectivity index (χ1) is 14.6. The van der Waals surface area contributed by atoms with Crippen molar-refractivity contribution in [1.29, 1.82) is 0 Å².